The largest absolute Gasteiger partial charge is 0.455 e. The fraction of sp³-hybridized carbons (Fsp3) is 0.700. The summed E-state index contributed by atoms with van der Waals surface area (Å²) in [6, 6.07) is 0. The van der Waals surface area contributed by atoms with Gasteiger partial charge in [0, 0.05) is 24.8 Å². The zero-order valence-electron chi connectivity index (χ0n) is 7.97. The summed E-state index contributed by atoms with van der Waals surface area (Å²) in [5.74, 6) is 2.25. The number of carbonyl (C=O) groups is 1. The minimum absolute atomic E-state index is 0.145. The first kappa shape index (κ1) is 9.13. The number of hydrogen-bond acceptors (Lipinski definition) is 2. The summed E-state index contributed by atoms with van der Waals surface area (Å²) in [7, 11) is 0.544. The molecule has 0 atom stereocenters. The molecule has 13 heavy (non-hydrogen) atoms. The Morgan fingerprint density at radius 2 is 2.08 bits per heavy atom. The molecule has 2 aliphatic heterocycles. The third kappa shape index (κ3) is 1.62. The van der Waals surface area contributed by atoms with Gasteiger partial charge in [-0.25, -0.2) is 4.79 Å². The Labute approximate surface area is 81.7 Å². The Morgan fingerprint density at radius 3 is 2.54 bits per heavy atom. The van der Waals surface area contributed by atoms with Gasteiger partial charge < -0.3 is 4.74 Å². The quantitative estimate of drug-likeness (QED) is 0.334. The van der Waals surface area contributed by atoms with Crippen LogP contribution in [0, 0.1) is 0 Å². The van der Waals surface area contributed by atoms with E-state index in [1.165, 1.54) is 11.5 Å². The van der Waals surface area contributed by atoms with Crippen molar-refractivity contribution in [3.05, 3.63) is 12.2 Å². The second-order valence-electron chi connectivity index (χ2n) is 4.04. The Hall–Kier alpha value is -0.440. The minimum Gasteiger partial charge on any atom is -0.455 e. The van der Waals surface area contributed by atoms with E-state index in [-0.39, 0.29) is 11.6 Å². The number of carbonyl (C=O) groups excluding carboxylic acids is 1. The maximum absolute atomic E-state index is 11.2. The highest BCUT2D eigenvalue weighted by Crippen LogP contribution is 2.38. The first-order valence-electron chi connectivity index (χ1n) is 4.62. The smallest absolute Gasteiger partial charge is 0.334 e. The van der Waals surface area contributed by atoms with Gasteiger partial charge in [0.25, 0.3) is 0 Å². The summed E-state index contributed by atoms with van der Waals surface area (Å²) in [5.41, 5.74) is 0.520. The van der Waals surface area contributed by atoms with Crippen LogP contribution in [0.1, 0.15) is 19.3 Å². The summed E-state index contributed by atoms with van der Waals surface area (Å²) in [4.78, 5) is 11.2. The molecule has 0 aromatic carbocycles. The maximum atomic E-state index is 11.2. The lowest BCUT2D eigenvalue weighted by Gasteiger charge is -2.29. The van der Waals surface area contributed by atoms with Crippen LogP contribution in [0.4, 0.5) is 0 Å². The highest BCUT2D eigenvalue weighted by atomic mass is 32.2. The predicted molar refractivity (Wildman–Crippen MR) is 54.8 cm³/mol. The molecular weight excluding hydrogens is 184 g/mol. The van der Waals surface area contributed by atoms with Gasteiger partial charge in [-0.1, -0.05) is 6.58 Å². The molecule has 3 heteroatoms. The summed E-state index contributed by atoms with van der Waals surface area (Å²) in [6.45, 7) is 3.73. The highest BCUT2D eigenvalue weighted by molar-refractivity contribution is 7.96. The topological polar surface area (TPSA) is 26.3 Å². The molecular formula is C10H15O2S+. The predicted octanol–water partition coefficient (Wildman–Crippen LogP) is 1.27. The molecule has 2 aliphatic rings. The van der Waals surface area contributed by atoms with Crippen LogP contribution in [0.25, 0.3) is 0 Å². The van der Waals surface area contributed by atoms with Gasteiger partial charge in [0.15, 0.2) is 0 Å². The van der Waals surface area contributed by atoms with E-state index in [4.69, 9.17) is 4.74 Å². The highest BCUT2D eigenvalue weighted by Gasteiger charge is 2.47. The number of esters is 1. The van der Waals surface area contributed by atoms with E-state index in [2.05, 4.69) is 12.8 Å². The lowest BCUT2D eigenvalue weighted by molar-refractivity contribution is -0.146. The van der Waals surface area contributed by atoms with Gasteiger partial charge in [-0.3, -0.25) is 0 Å². The fourth-order valence-electron chi connectivity index (χ4n) is 1.99. The molecule has 0 saturated carbocycles. The van der Waals surface area contributed by atoms with Crippen molar-refractivity contribution in [2.45, 2.75) is 24.9 Å². The molecule has 2 rings (SSSR count). The van der Waals surface area contributed by atoms with Crippen molar-refractivity contribution in [1.82, 2.24) is 0 Å². The van der Waals surface area contributed by atoms with E-state index in [0.717, 1.165) is 19.3 Å². The third-order valence-corrected chi connectivity index (χ3v) is 4.75. The number of ether oxygens (including phenoxy) is 1. The van der Waals surface area contributed by atoms with Crippen molar-refractivity contribution in [2.24, 2.45) is 0 Å². The molecule has 72 valence electrons. The van der Waals surface area contributed by atoms with E-state index in [1.807, 2.05) is 0 Å². The van der Waals surface area contributed by atoms with Gasteiger partial charge in [0.05, 0.1) is 6.26 Å². The molecule has 2 nitrogen and oxygen atoms in total. The van der Waals surface area contributed by atoms with Gasteiger partial charge >= 0.3 is 5.97 Å². The van der Waals surface area contributed by atoms with Gasteiger partial charge in [-0.2, -0.15) is 0 Å². The lowest BCUT2D eigenvalue weighted by Crippen LogP contribution is -2.38. The second kappa shape index (κ2) is 3.05. The van der Waals surface area contributed by atoms with Gasteiger partial charge in [0.2, 0.25) is 0 Å². The summed E-state index contributed by atoms with van der Waals surface area (Å²) in [6.07, 6.45) is 5.14. The van der Waals surface area contributed by atoms with Crippen molar-refractivity contribution in [1.29, 1.82) is 0 Å². The van der Waals surface area contributed by atoms with Crippen molar-refractivity contribution in [3.63, 3.8) is 0 Å². The van der Waals surface area contributed by atoms with Gasteiger partial charge in [-0.15, -0.1) is 0 Å². The van der Waals surface area contributed by atoms with Crippen LogP contribution in [0.2, 0.25) is 0 Å². The van der Waals surface area contributed by atoms with Crippen molar-refractivity contribution < 1.29 is 9.53 Å². The molecule has 0 aromatic heterocycles. The van der Waals surface area contributed by atoms with Crippen molar-refractivity contribution in [2.75, 3.05) is 17.8 Å². The number of rotatable bonds is 0. The normalized spacial score (nSPS) is 39.6. The first-order chi connectivity index (χ1) is 6.11. The number of hydrogen-bond donors (Lipinski definition) is 0. The molecule has 0 N–H and O–H groups in total. The first-order valence-corrected chi connectivity index (χ1v) is 6.59. The molecule has 0 aliphatic carbocycles. The second-order valence-corrected chi connectivity index (χ2v) is 6.42. The van der Waals surface area contributed by atoms with E-state index in [1.54, 1.807) is 0 Å². The summed E-state index contributed by atoms with van der Waals surface area (Å²) in [5, 5.41) is 0. The molecule has 2 saturated heterocycles. The standard InChI is InChI=1S/C10H15O2S/c1-8-7-10(12-9(8)11)3-5-13(2)6-4-10/h1,3-7H2,2H3/q+1. The van der Waals surface area contributed by atoms with Crippen molar-refractivity contribution in [3.8, 4) is 0 Å². The van der Waals surface area contributed by atoms with Crippen LogP contribution >= 0.6 is 0 Å². The SMILES string of the molecule is C=C1CC2(CC[S+](C)CC2)OC1=O. The minimum atomic E-state index is -0.169. The lowest BCUT2D eigenvalue weighted by atomic mass is 9.92. The van der Waals surface area contributed by atoms with Crippen LogP contribution in [0.15, 0.2) is 12.2 Å². The van der Waals surface area contributed by atoms with E-state index >= 15 is 0 Å². The van der Waals surface area contributed by atoms with Crippen molar-refractivity contribution >= 4 is 16.9 Å². The van der Waals surface area contributed by atoms with E-state index < -0.39 is 0 Å². The van der Waals surface area contributed by atoms with E-state index in [0.29, 0.717) is 16.5 Å². The van der Waals surface area contributed by atoms with Crippen LogP contribution < -0.4 is 0 Å². The average molecular weight is 199 g/mol. The van der Waals surface area contributed by atoms with Crippen LogP contribution in [-0.2, 0) is 20.4 Å². The van der Waals surface area contributed by atoms with Crippen LogP contribution in [0.3, 0.4) is 0 Å². The molecule has 0 aromatic rings. The molecule has 1 spiro atoms. The molecule has 0 bridgehead atoms. The van der Waals surface area contributed by atoms with Gasteiger partial charge in [0.1, 0.15) is 17.1 Å². The average Bonchev–Trinajstić information content (AvgIpc) is 2.36. The van der Waals surface area contributed by atoms with Gasteiger partial charge in [-0.05, 0) is 10.9 Å². The summed E-state index contributed by atoms with van der Waals surface area (Å²) >= 11 is 0. The zero-order valence-corrected chi connectivity index (χ0v) is 8.78. The zero-order chi connectivity index (χ0) is 9.47. The maximum Gasteiger partial charge on any atom is 0.334 e. The Bertz CT molecular complexity index is 234. The molecule has 0 unspecified atom stereocenters. The molecule has 0 amide bonds. The Balaban J connectivity index is 2.07. The third-order valence-electron chi connectivity index (χ3n) is 2.95. The summed E-state index contributed by atoms with van der Waals surface area (Å²) < 4.78 is 5.42. The fourth-order valence-corrected chi connectivity index (χ4v) is 3.64. The molecule has 0 radical (unpaired) electrons. The van der Waals surface area contributed by atoms with Crippen LogP contribution in [0.5, 0.6) is 0 Å². The Morgan fingerprint density at radius 1 is 1.46 bits per heavy atom. The monoisotopic (exact) mass is 199 g/mol. The molecule has 2 fully saturated rings. The van der Waals surface area contributed by atoms with Crippen LogP contribution in [-0.4, -0.2) is 29.3 Å². The van der Waals surface area contributed by atoms with E-state index in [9.17, 15) is 4.79 Å². The molecule has 2 heterocycles. The Kier molecular flexibility index (Phi) is 2.14.